The van der Waals surface area contributed by atoms with Crippen molar-refractivity contribution in [3.05, 3.63) is 68.5 Å². The van der Waals surface area contributed by atoms with Gasteiger partial charge in [-0.1, -0.05) is 41.4 Å². The number of rotatable bonds is 3. The molecule has 1 amide bonds. The van der Waals surface area contributed by atoms with Gasteiger partial charge in [0.25, 0.3) is 5.91 Å². The van der Waals surface area contributed by atoms with Gasteiger partial charge in [0.05, 0.1) is 16.6 Å². The molecular weight excluding hydrogens is 395 g/mol. The van der Waals surface area contributed by atoms with Crippen LogP contribution >= 0.6 is 35.0 Å². The fourth-order valence-corrected chi connectivity index (χ4v) is 3.67. The Kier molecular flexibility index (Phi) is 5.36. The monoisotopic (exact) mass is 405 g/mol. The van der Waals surface area contributed by atoms with E-state index in [1.165, 1.54) is 28.8 Å². The number of aliphatic imine (C=N–C) groups is 1. The maximum atomic E-state index is 12.4. The highest BCUT2D eigenvalue weighted by Crippen LogP contribution is 2.34. The first-order valence-corrected chi connectivity index (χ1v) is 8.95. The second kappa shape index (κ2) is 7.53. The van der Waals surface area contributed by atoms with Crippen molar-refractivity contribution in [2.45, 2.75) is 0 Å². The summed E-state index contributed by atoms with van der Waals surface area (Å²) in [5.41, 5.74) is 1.10. The fraction of sp³-hybridized carbons (Fsp3) is 0.0556. The average Bonchev–Trinajstić information content (AvgIpc) is 2.85. The number of carboxylic acid groups (broad SMARTS) is 1. The highest BCUT2D eigenvalue weighted by molar-refractivity contribution is 8.18. The third-order valence-corrected chi connectivity index (χ3v) is 5.18. The summed E-state index contributed by atoms with van der Waals surface area (Å²) in [6, 6.07) is 11.0. The first-order chi connectivity index (χ1) is 12.3. The Bertz CT molecular complexity index is 973. The summed E-state index contributed by atoms with van der Waals surface area (Å²) in [7, 11) is 1.60. The molecule has 5 nitrogen and oxygen atoms in total. The molecule has 0 aliphatic carbocycles. The minimum Gasteiger partial charge on any atom is -0.545 e. The van der Waals surface area contributed by atoms with Crippen molar-refractivity contribution in [1.82, 2.24) is 4.90 Å². The van der Waals surface area contributed by atoms with Crippen molar-refractivity contribution in [1.29, 1.82) is 0 Å². The Morgan fingerprint density at radius 2 is 2.00 bits per heavy atom. The number of benzene rings is 2. The van der Waals surface area contributed by atoms with E-state index in [0.29, 0.717) is 31.4 Å². The topological polar surface area (TPSA) is 72.8 Å². The van der Waals surface area contributed by atoms with E-state index >= 15 is 0 Å². The summed E-state index contributed by atoms with van der Waals surface area (Å²) in [5, 5.41) is 12.3. The number of carboxylic acids is 1. The summed E-state index contributed by atoms with van der Waals surface area (Å²) in [6.45, 7) is 0. The molecule has 0 unspecified atom stereocenters. The molecule has 1 fully saturated rings. The van der Waals surface area contributed by atoms with E-state index in [2.05, 4.69) is 4.99 Å². The van der Waals surface area contributed by atoms with Crippen LogP contribution in [0.25, 0.3) is 6.08 Å². The van der Waals surface area contributed by atoms with E-state index in [4.69, 9.17) is 23.2 Å². The van der Waals surface area contributed by atoms with Gasteiger partial charge in [-0.25, -0.2) is 4.99 Å². The van der Waals surface area contributed by atoms with Crippen LogP contribution in [0.3, 0.4) is 0 Å². The van der Waals surface area contributed by atoms with E-state index in [1.54, 1.807) is 43.5 Å². The number of thioether (sulfide) groups is 1. The molecular formula is C18H11Cl2N2O3S-. The van der Waals surface area contributed by atoms with Gasteiger partial charge in [-0.05, 0) is 53.2 Å². The predicted octanol–water partition coefficient (Wildman–Crippen LogP) is 3.59. The van der Waals surface area contributed by atoms with E-state index in [9.17, 15) is 14.7 Å². The lowest BCUT2D eigenvalue weighted by Gasteiger charge is -2.08. The van der Waals surface area contributed by atoms with Crippen LogP contribution in [-0.4, -0.2) is 29.0 Å². The van der Waals surface area contributed by atoms with Gasteiger partial charge in [0, 0.05) is 17.1 Å². The van der Waals surface area contributed by atoms with Crippen LogP contribution in [0.1, 0.15) is 15.9 Å². The standard InChI is InChI=1S/C18H12Cl2N2O3S/c1-22-16(23)15(8-10-5-6-12(19)9-14(10)20)26-18(22)21-13-4-2-3-11(7-13)17(24)25/h2-9H,1H3,(H,24,25)/p-1/b15-8+,21-18?. The second-order valence-electron chi connectivity index (χ2n) is 5.37. The molecule has 26 heavy (non-hydrogen) atoms. The largest absolute Gasteiger partial charge is 0.545 e. The van der Waals surface area contributed by atoms with E-state index in [1.807, 2.05) is 0 Å². The average molecular weight is 406 g/mol. The maximum absolute atomic E-state index is 12.4. The molecule has 8 heteroatoms. The minimum absolute atomic E-state index is 0.0209. The zero-order valence-electron chi connectivity index (χ0n) is 13.4. The van der Waals surface area contributed by atoms with Crippen molar-refractivity contribution in [3.8, 4) is 0 Å². The lowest BCUT2D eigenvalue weighted by atomic mass is 10.2. The van der Waals surface area contributed by atoms with Crippen molar-refractivity contribution in [2.75, 3.05) is 7.05 Å². The molecule has 2 aromatic carbocycles. The van der Waals surface area contributed by atoms with Crippen molar-refractivity contribution >= 4 is 63.8 Å². The van der Waals surface area contributed by atoms with Gasteiger partial charge in [-0.15, -0.1) is 0 Å². The molecule has 0 N–H and O–H groups in total. The molecule has 3 rings (SSSR count). The number of nitrogens with zero attached hydrogens (tertiary/aromatic N) is 2. The van der Waals surface area contributed by atoms with Gasteiger partial charge in [-0.2, -0.15) is 0 Å². The Hall–Kier alpha value is -2.28. The fourth-order valence-electron chi connectivity index (χ4n) is 2.22. The van der Waals surface area contributed by atoms with Gasteiger partial charge in [0.1, 0.15) is 0 Å². The van der Waals surface area contributed by atoms with Gasteiger partial charge in [-0.3, -0.25) is 9.69 Å². The van der Waals surface area contributed by atoms with Crippen LogP contribution in [0, 0.1) is 0 Å². The van der Waals surface area contributed by atoms with Crippen LogP contribution < -0.4 is 5.11 Å². The summed E-state index contributed by atoms with van der Waals surface area (Å²) in [6.07, 6.45) is 1.67. The molecule has 0 spiro atoms. The van der Waals surface area contributed by atoms with Crippen LogP contribution in [0.5, 0.6) is 0 Å². The number of hydrogen-bond acceptors (Lipinski definition) is 5. The third-order valence-electron chi connectivity index (χ3n) is 3.56. The van der Waals surface area contributed by atoms with Gasteiger partial charge in [0.2, 0.25) is 0 Å². The number of amides is 1. The molecule has 1 heterocycles. The van der Waals surface area contributed by atoms with Gasteiger partial charge < -0.3 is 9.90 Å². The SMILES string of the molecule is CN1C(=O)/C(=C\c2ccc(Cl)cc2Cl)SC1=Nc1cccc(C(=O)[O-])c1. The maximum Gasteiger partial charge on any atom is 0.266 e. The Morgan fingerprint density at radius 1 is 1.23 bits per heavy atom. The number of carbonyl (C=O) groups excluding carboxylic acids is 2. The molecule has 0 aromatic heterocycles. The zero-order valence-corrected chi connectivity index (χ0v) is 15.7. The number of amidine groups is 1. The number of halogens is 2. The molecule has 1 saturated heterocycles. The van der Waals surface area contributed by atoms with Crippen LogP contribution in [0.4, 0.5) is 5.69 Å². The highest BCUT2D eigenvalue weighted by atomic mass is 35.5. The van der Waals surface area contributed by atoms with Crippen molar-refractivity contribution < 1.29 is 14.7 Å². The third kappa shape index (κ3) is 3.93. The molecule has 2 aromatic rings. The van der Waals surface area contributed by atoms with Crippen LogP contribution in [-0.2, 0) is 4.79 Å². The Morgan fingerprint density at radius 3 is 2.69 bits per heavy atom. The summed E-state index contributed by atoms with van der Waals surface area (Å²) < 4.78 is 0. The van der Waals surface area contributed by atoms with E-state index in [0.717, 1.165) is 0 Å². The van der Waals surface area contributed by atoms with Crippen molar-refractivity contribution in [2.24, 2.45) is 4.99 Å². The first kappa shape index (κ1) is 18.5. The first-order valence-electron chi connectivity index (χ1n) is 7.38. The number of aromatic carboxylic acids is 1. The molecule has 0 bridgehead atoms. The number of carbonyl (C=O) groups is 2. The Balaban J connectivity index is 1.92. The van der Waals surface area contributed by atoms with E-state index < -0.39 is 5.97 Å². The second-order valence-corrected chi connectivity index (χ2v) is 7.23. The summed E-state index contributed by atoms with van der Waals surface area (Å²) in [5.74, 6) is -1.51. The molecule has 132 valence electrons. The number of hydrogen-bond donors (Lipinski definition) is 0. The zero-order chi connectivity index (χ0) is 18.8. The minimum atomic E-state index is -1.28. The lowest BCUT2D eigenvalue weighted by molar-refractivity contribution is -0.255. The molecule has 0 radical (unpaired) electrons. The van der Waals surface area contributed by atoms with Crippen molar-refractivity contribution in [3.63, 3.8) is 0 Å². The van der Waals surface area contributed by atoms with Gasteiger partial charge >= 0.3 is 0 Å². The summed E-state index contributed by atoms with van der Waals surface area (Å²) in [4.78, 5) is 29.6. The highest BCUT2D eigenvalue weighted by Gasteiger charge is 2.30. The van der Waals surface area contributed by atoms with Gasteiger partial charge in [0.15, 0.2) is 5.17 Å². The Labute approximate surface area is 163 Å². The molecule has 0 saturated carbocycles. The predicted molar refractivity (Wildman–Crippen MR) is 103 cm³/mol. The van der Waals surface area contributed by atoms with Crippen LogP contribution in [0.2, 0.25) is 10.0 Å². The lowest BCUT2D eigenvalue weighted by Crippen LogP contribution is -2.23. The molecule has 0 atom stereocenters. The summed E-state index contributed by atoms with van der Waals surface area (Å²) >= 11 is 13.2. The van der Waals surface area contributed by atoms with E-state index in [-0.39, 0.29) is 11.5 Å². The molecule has 1 aliphatic rings. The normalized spacial score (nSPS) is 17.3. The molecule has 1 aliphatic heterocycles. The quantitative estimate of drug-likeness (QED) is 0.731. The number of likely N-dealkylation sites (N-methyl/N-ethyl adjacent to an activating group) is 1. The van der Waals surface area contributed by atoms with Crippen LogP contribution in [0.15, 0.2) is 52.4 Å². The smallest absolute Gasteiger partial charge is 0.266 e.